The maximum Gasteiger partial charge on any atom is 0.308 e. The van der Waals surface area contributed by atoms with E-state index in [1.165, 1.54) is 12.0 Å². The number of anilines is 1. The Kier molecular flexibility index (Phi) is 6.38. The van der Waals surface area contributed by atoms with Crippen LogP contribution >= 0.6 is 11.3 Å². The van der Waals surface area contributed by atoms with Crippen LogP contribution < -0.4 is 4.90 Å². The zero-order valence-electron chi connectivity index (χ0n) is 20.8. The highest BCUT2D eigenvalue weighted by Gasteiger charge is 2.32. The monoisotopic (exact) mass is 507 g/mol. The van der Waals surface area contributed by atoms with Crippen molar-refractivity contribution in [3.05, 3.63) is 57.5 Å². The number of hydrogen-bond acceptors (Lipinski definition) is 8. The van der Waals surface area contributed by atoms with Gasteiger partial charge in [0.15, 0.2) is 5.82 Å². The number of carboxylic acid groups (broad SMARTS) is 1. The molecule has 2 aliphatic rings. The fourth-order valence-corrected chi connectivity index (χ4v) is 6.19. The number of fused-ring (bicyclic) bond motifs is 3. The summed E-state index contributed by atoms with van der Waals surface area (Å²) in [4.78, 5) is 32.1. The first-order chi connectivity index (χ1) is 17.3. The van der Waals surface area contributed by atoms with Gasteiger partial charge in [-0.15, -0.1) is 21.5 Å². The number of carbonyl (C=O) groups is 2. The van der Waals surface area contributed by atoms with E-state index >= 15 is 0 Å². The van der Waals surface area contributed by atoms with E-state index < -0.39 is 12.0 Å². The lowest BCUT2D eigenvalue weighted by molar-refractivity contribution is -0.142. The summed E-state index contributed by atoms with van der Waals surface area (Å²) in [7, 11) is 1.38. The van der Waals surface area contributed by atoms with Gasteiger partial charge in [0.25, 0.3) is 0 Å². The molecule has 0 unspecified atom stereocenters. The molecule has 0 spiro atoms. The molecule has 2 aromatic heterocycles. The van der Waals surface area contributed by atoms with Crippen LogP contribution in [0.4, 0.5) is 5.69 Å². The van der Waals surface area contributed by atoms with Gasteiger partial charge in [-0.3, -0.25) is 19.1 Å². The van der Waals surface area contributed by atoms with Crippen molar-refractivity contribution in [2.75, 3.05) is 25.1 Å². The number of methoxy groups -OCH3 is 1. The van der Waals surface area contributed by atoms with E-state index in [0.29, 0.717) is 18.7 Å². The fourth-order valence-electron chi connectivity index (χ4n) is 4.98. The molecule has 0 amide bonds. The largest absolute Gasteiger partial charge is 0.481 e. The minimum atomic E-state index is -0.708. The van der Waals surface area contributed by atoms with Crippen molar-refractivity contribution in [2.24, 2.45) is 10.9 Å². The van der Waals surface area contributed by atoms with Crippen LogP contribution in [0.1, 0.15) is 58.5 Å². The Bertz CT molecular complexity index is 1350. The first kappa shape index (κ1) is 24.2. The van der Waals surface area contributed by atoms with Crippen LogP contribution in [0.2, 0.25) is 0 Å². The predicted octanol–water partition coefficient (Wildman–Crippen LogP) is 4.01. The Labute approximate surface area is 213 Å². The molecule has 188 valence electrons. The average molecular weight is 508 g/mol. The predicted molar refractivity (Wildman–Crippen MR) is 137 cm³/mol. The number of ether oxygens (including phenoxy) is 1. The van der Waals surface area contributed by atoms with E-state index in [2.05, 4.69) is 53.2 Å². The van der Waals surface area contributed by atoms with Gasteiger partial charge in [-0.2, -0.15) is 0 Å². The van der Waals surface area contributed by atoms with Gasteiger partial charge in [0, 0.05) is 34.8 Å². The van der Waals surface area contributed by atoms with Crippen LogP contribution in [0.5, 0.6) is 0 Å². The van der Waals surface area contributed by atoms with Crippen LogP contribution in [0, 0.1) is 26.7 Å². The Morgan fingerprint density at radius 2 is 1.81 bits per heavy atom. The Morgan fingerprint density at radius 1 is 1.11 bits per heavy atom. The van der Waals surface area contributed by atoms with Gasteiger partial charge in [-0.05, 0) is 51.3 Å². The molecule has 10 heteroatoms. The molecule has 0 bridgehead atoms. The molecule has 0 saturated carbocycles. The third kappa shape index (κ3) is 4.19. The maximum atomic E-state index is 12.3. The number of esters is 1. The molecular formula is C26H29N5O4S. The van der Waals surface area contributed by atoms with Crippen molar-refractivity contribution >= 4 is 34.7 Å². The second kappa shape index (κ2) is 9.50. The van der Waals surface area contributed by atoms with E-state index in [1.807, 2.05) is 11.5 Å². The molecule has 1 atom stereocenters. The maximum absolute atomic E-state index is 12.3. The quantitative estimate of drug-likeness (QED) is 0.520. The molecule has 3 aromatic rings. The first-order valence-electron chi connectivity index (χ1n) is 12.0. The number of aliphatic imine (C=N–C) groups is 1. The molecule has 0 radical (unpaired) electrons. The standard InChI is InChI=1S/C26H29N5O4S/c1-14-15(2)36-25-22(14)23(27-20(13-21(32)35-4)24-29-28-16(3)31(24)25)17-5-7-19(8-6-17)30-11-9-18(10-12-30)26(33)34/h5-8,18,20H,9-13H2,1-4H3,(H,33,34)/t20-/m0/s1. The number of thiophene rings is 1. The van der Waals surface area contributed by atoms with E-state index in [4.69, 9.17) is 9.73 Å². The third-order valence-corrected chi connectivity index (χ3v) is 8.37. The number of aromatic nitrogens is 3. The van der Waals surface area contributed by atoms with Crippen molar-refractivity contribution in [3.8, 4) is 5.00 Å². The summed E-state index contributed by atoms with van der Waals surface area (Å²) >= 11 is 1.67. The highest BCUT2D eigenvalue weighted by molar-refractivity contribution is 7.15. The van der Waals surface area contributed by atoms with Gasteiger partial charge in [0.1, 0.15) is 16.9 Å². The van der Waals surface area contributed by atoms with Crippen LogP contribution in [0.25, 0.3) is 5.00 Å². The van der Waals surface area contributed by atoms with Gasteiger partial charge in [-0.25, -0.2) is 0 Å². The number of hydrogen-bond donors (Lipinski definition) is 1. The molecule has 1 aromatic carbocycles. The van der Waals surface area contributed by atoms with Crippen molar-refractivity contribution in [2.45, 2.75) is 46.1 Å². The molecule has 5 rings (SSSR count). The van der Waals surface area contributed by atoms with Crippen LogP contribution in [0.3, 0.4) is 0 Å². The second-order valence-corrected chi connectivity index (χ2v) is 10.5. The normalized spacial score (nSPS) is 17.7. The summed E-state index contributed by atoms with van der Waals surface area (Å²) in [5.74, 6) is 0.0570. The lowest BCUT2D eigenvalue weighted by Crippen LogP contribution is -2.36. The van der Waals surface area contributed by atoms with Crippen LogP contribution in [-0.4, -0.2) is 57.7 Å². The third-order valence-electron chi connectivity index (χ3n) is 7.18. The van der Waals surface area contributed by atoms with Gasteiger partial charge in [0.05, 0.1) is 25.2 Å². The Morgan fingerprint density at radius 3 is 2.44 bits per heavy atom. The molecule has 2 aliphatic heterocycles. The topological polar surface area (TPSA) is 110 Å². The van der Waals surface area contributed by atoms with Crippen LogP contribution in [0.15, 0.2) is 29.3 Å². The molecule has 1 N–H and O–H groups in total. The number of aryl methyl sites for hydroxylation is 2. The molecule has 9 nitrogen and oxygen atoms in total. The second-order valence-electron chi connectivity index (χ2n) is 9.32. The summed E-state index contributed by atoms with van der Waals surface area (Å²) in [6.45, 7) is 7.55. The highest BCUT2D eigenvalue weighted by atomic mass is 32.1. The molecule has 0 aliphatic carbocycles. The lowest BCUT2D eigenvalue weighted by Gasteiger charge is -2.32. The van der Waals surface area contributed by atoms with Gasteiger partial charge in [-0.1, -0.05) is 12.1 Å². The van der Waals surface area contributed by atoms with E-state index in [0.717, 1.165) is 52.0 Å². The molecule has 36 heavy (non-hydrogen) atoms. The number of carboxylic acids is 1. The summed E-state index contributed by atoms with van der Waals surface area (Å²) in [5, 5.41) is 19.0. The number of rotatable bonds is 5. The Balaban J connectivity index is 1.55. The van der Waals surface area contributed by atoms with Crippen molar-refractivity contribution in [1.82, 2.24) is 14.8 Å². The number of benzene rings is 1. The number of aliphatic carboxylic acids is 1. The summed E-state index contributed by atoms with van der Waals surface area (Å²) in [6.07, 6.45) is 1.37. The molecular weight excluding hydrogens is 478 g/mol. The van der Waals surface area contributed by atoms with Crippen molar-refractivity contribution in [1.29, 1.82) is 0 Å². The van der Waals surface area contributed by atoms with Crippen molar-refractivity contribution < 1.29 is 19.4 Å². The van der Waals surface area contributed by atoms with E-state index in [1.54, 1.807) is 11.3 Å². The molecule has 1 fully saturated rings. The first-order valence-corrected chi connectivity index (χ1v) is 12.9. The molecule has 4 heterocycles. The van der Waals surface area contributed by atoms with E-state index in [9.17, 15) is 14.7 Å². The van der Waals surface area contributed by atoms with E-state index in [-0.39, 0.29) is 18.3 Å². The average Bonchev–Trinajstić information content (AvgIpc) is 3.36. The van der Waals surface area contributed by atoms with Crippen molar-refractivity contribution in [3.63, 3.8) is 0 Å². The number of nitrogens with zero attached hydrogens (tertiary/aromatic N) is 5. The minimum Gasteiger partial charge on any atom is -0.481 e. The highest BCUT2D eigenvalue weighted by Crippen LogP contribution is 2.39. The summed E-state index contributed by atoms with van der Waals surface area (Å²) < 4.78 is 6.98. The lowest BCUT2D eigenvalue weighted by atomic mass is 9.96. The summed E-state index contributed by atoms with van der Waals surface area (Å²) in [5.41, 5.74) is 5.01. The smallest absolute Gasteiger partial charge is 0.308 e. The van der Waals surface area contributed by atoms with Gasteiger partial charge >= 0.3 is 11.9 Å². The van der Waals surface area contributed by atoms with Gasteiger partial charge < -0.3 is 14.7 Å². The number of carbonyl (C=O) groups excluding carboxylic acids is 1. The fraction of sp³-hybridized carbons (Fsp3) is 0.423. The molecule has 1 saturated heterocycles. The summed E-state index contributed by atoms with van der Waals surface area (Å²) in [6, 6.07) is 7.73. The minimum absolute atomic E-state index is 0.0711. The zero-order chi connectivity index (χ0) is 25.6. The number of piperidine rings is 1. The van der Waals surface area contributed by atoms with Gasteiger partial charge in [0.2, 0.25) is 0 Å². The van der Waals surface area contributed by atoms with Crippen LogP contribution in [-0.2, 0) is 14.3 Å². The SMILES string of the molecule is COC(=O)C[C@@H]1N=C(c2ccc(N3CCC(C(=O)O)CC3)cc2)c2c(sc(C)c2C)-n2c(C)nnc21. The zero-order valence-corrected chi connectivity index (χ0v) is 21.6. The Hall–Kier alpha value is -3.53.